The number of rotatable bonds is 9. The molecule has 0 aromatic heterocycles. The highest BCUT2D eigenvalue weighted by Crippen LogP contribution is 2.44. The molecule has 35 heavy (non-hydrogen) atoms. The summed E-state index contributed by atoms with van der Waals surface area (Å²) >= 11 is 0. The number of amides is 2. The zero-order chi connectivity index (χ0) is 24.6. The monoisotopic (exact) mass is 476 g/mol. The van der Waals surface area contributed by atoms with E-state index in [1.165, 1.54) is 18.6 Å². The van der Waals surface area contributed by atoms with Crippen LogP contribution < -0.4 is 10.6 Å². The summed E-state index contributed by atoms with van der Waals surface area (Å²) in [6.45, 7) is 0.315. The van der Waals surface area contributed by atoms with Crippen LogP contribution in [0.25, 0.3) is 11.1 Å². The Hall–Kier alpha value is -3.61. The summed E-state index contributed by atoms with van der Waals surface area (Å²) in [5.41, 5.74) is 4.60. The number of benzene rings is 2. The molecule has 2 aromatic carbocycles. The minimum absolute atomic E-state index is 0.0217. The molecule has 0 spiro atoms. The number of carbonyl (C=O) groups excluding carboxylic acids is 2. The van der Waals surface area contributed by atoms with Crippen molar-refractivity contribution in [3.8, 4) is 11.1 Å². The second-order valence-corrected chi connectivity index (χ2v) is 9.25. The second-order valence-electron chi connectivity index (χ2n) is 9.25. The number of hydrogen-bond acceptors (Lipinski definition) is 4. The van der Waals surface area contributed by atoms with Crippen molar-refractivity contribution in [2.24, 2.45) is 5.92 Å². The van der Waals surface area contributed by atoms with Gasteiger partial charge in [0.25, 0.3) is 0 Å². The van der Waals surface area contributed by atoms with Gasteiger partial charge in [-0.05, 0) is 34.6 Å². The molecule has 1 fully saturated rings. The molecule has 0 bridgehead atoms. The van der Waals surface area contributed by atoms with Gasteiger partial charge in [-0.3, -0.25) is 4.79 Å². The lowest BCUT2D eigenvalue weighted by atomic mass is 9.85. The van der Waals surface area contributed by atoms with Crippen LogP contribution in [0.4, 0.5) is 4.79 Å². The molecule has 0 unspecified atom stereocenters. The van der Waals surface area contributed by atoms with Crippen molar-refractivity contribution in [1.29, 1.82) is 0 Å². The number of hydrogen-bond donors (Lipinski definition) is 3. The Balaban J connectivity index is 1.22. The molecule has 0 saturated heterocycles. The summed E-state index contributed by atoms with van der Waals surface area (Å²) in [5.74, 6) is -1.19. The number of carboxylic acid groups (broad SMARTS) is 1. The van der Waals surface area contributed by atoms with E-state index in [1.54, 1.807) is 0 Å². The molecular weight excluding hydrogens is 444 g/mol. The van der Waals surface area contributed by atoms with E-state index in [1.807, 2.05) is 24.3 Å². The fourth-order valence-electron chi connectivity index (χ4n) is 5.16. The molecule has 184 valence electrons. The highest BCUT2D eigenvalue weighted by Gasteiger charge is 2.29. The number of carboxylic acids is 1. The van der Waals surface area contributed by atoms with Crippen LogP contribution in [0.3, 0.4) is 0 Å². The summed E-state index contributed by atoms with van der Waals surface area (Å²) in [6.07, 6.45) is 8.07. The first-order chi connectivity index (χ1) is 17.0. The minimum Gasteiger partial charge on any atom is -0.480 e. The van der Waals surface area contributed by atoms with E-state index in [4.69, 9.17) is 4.74 Å². The fourth-order valence-corrected chi connectivity index (χ4v) is 5.16. The van der Waals surface area contributed by atoms with E-state index in [0.717, 1.165) is 47.9 Å². The molecule has 2 aliphatic rings. The third-order valence-electron chi connectivity index (χ3n) is 6.89. The van der Waals surface area contributed by atoms with Crippen LogP contribution in [0.2, 0.25) is 0 Å². The van der Waals surface area contributed by atoms with Gasteiger partial charge in [-0.2, -0.15) is 0 Å². The molecule has 4 rings (SSSR count). The Bertz CT molecular complexity index is 1040. The van der Waals surface area contributed by atoms with Crippen molar-refractivity contribution in [2.75, 3.05) is 13.2 Å². The van der Waals surface area contributed by atoms with E-state index >= 15 is 0 Å². The van der Waals surface area contributed by atoms with Gasteiger partial charge in [-0.25, -0.2) is 9.59 Å². The predicted octanol–water partition coefficient (Wildman–Crippen LogP) is 4.62. The summed E-state index contributed by atoms with van der Waals surface area (Å²) in [5, 5.41) is 14.6. The van der Waals surface area contributed by atoms with Crippen molar-refractivity contribution in [3.05, 3.63) is 71.8 Å². The van der Waals surface area contributed by atoms with E-state index in [2.05, 4.69) is 34.9 Å². The van der Waals surface area contributed by atoms with Gasteiger partial charge in [0, 0.05) is 18.5 Å². The first-order valence-electron chi connectivity index (χ1n) is 12.3. The van der Waals surface area contributed by atoms with Gasteiger partial charge in [0.1, 0.15) is 12.6 Å². The average molecular weight is 477 g/mol. The van der Waals surface area contributed by atoms with Gasteiger partial charge < -0.3 is 20.5 Å². The van der Waals surface area contributed by atoms with Crippen LogP contribution >= 0.6 is 0 Å². The van der Waals surface area contributed by atoms with Gasteiger partial charge in [0.05, 0.1) is 0 Å². The number of alkyl carbamates (subject to hydrolysis) is 1. The molecule has 1 saturated carbocycles. The van der Waals surface area contributed by atoms with Crippen LogP contribution in [0.1, 0.15) is 55.6 Å². The lowest BCUT2D eigenvalue weighted by Crippen LogP contribution is -2.41. The van der Waals surface area contributed by atoms with Gasteiger partial charge in [0.2, 0.25) is 5.91 Å². The third kappa shape index (κ3) is 6.29. The topological polar surface area (TPSA) is 105 Å². The molecule has 2 amide bonds. The van der Waals surface area contributed by atoms with E-state index in [9.17, 15) is 19.5 Å². The van der Waals surface area contributed by atoms with Gasteiger partial charge >= 0.3 is 12.1 Å². The maximum Gasteiger partial charge on any atom is 0.407 e. The minimum atomic E-state index is -1.02. The maximum atomic E-state index is 12.2. The van der Waals surface area contributed by atoms with Gasteiger partial charge in [-0.15, -0.1) is 0 Å². The van der Waals surface area contributed by atoms with Crippen LogP contribution in [0.5, 0.6) is 0 Å². The Morgan fingerprint density at radius 2 is 1.60 bits per heavy atom. The lowest BCUT2D eigenvalue weighted by molar-refractivity contribution is -0.141. The van der Waals surface area contributed by atoms with Crippen molar-refractivity contribution in [1.82, 2.24) is 10.6 Å². The van der Waals surface area contributed by atoms with Gasteiger partial charge in [0.15, 0.2) is 0 Å². The number of nitrogens with one attached hydrogen (secondary N) is 2. The van der Waals surface area contributed by atoms with Crippen LogP contribution in [-0.4, -0.2) is 42.3 Å². The molecular formula is C28H32N2O5. The second kappa shape index (κ2) is 11.7. The predicted molar refractivity (Wildman–Crippen MR) is 133 cm³/mol. The first-order valence-corrected chi connectivity index (χ1v) is 12.3. The maximum absolute atomic E-state index is 12.2. The number of carbonyl (C=O) groups is 3. The molecule has 1 atom stereocenters. The largest absolute Gasteiger partial charge is 0.480 e. The van der Waals surface area contributed by atoms with Crippen molar-refractivity contribution < 1.29 is 24.2 Å². The van der Waals surface area contributed by atoms with Crippen molar-refractivity contribution in [2.45, 2.75) is 50.5 Å². The summed E-state index contributed by atoms with van der Waals surface area (Å²) < 4.78 is 5.47. The fraction of sp³-hybridized carbons (Fsp3) is 0.393. The Morgan fingerprint density at radius 3 is 2.23 bits per heavy atom. The summed E-state index contributed by atoms with van der Waals surface area (Å²) in [6, 6.07) is 15.3. The summed E-state index contributed by atoms with van der Waals surface area (Å²) in [7, 11) is 0. The Kier molecular flexibility index (Phi) is 8.19. The zero-order valence-corrected chi connectivity index (χ0v) is 19.7. The molecule has 7 heteroatoms. The van der Waals surface area contributed by atoms with E-state index in [0.29, 0.717) is 12.3 Å². The number of fused-ring (bicyclic) bond motifs is 3. The molecule has 7 nitrogen and oxygen atoms in total. The van der Waals surface area contributed by atoms with Gasteiger partial charge in [-0.1, -0.05) is 86.7 Å². The Morgan fingerprint density at radius 1 is 0.971 bits per heavy atom. The molecule has 3 N–H and O–H groups in total. The highest BCUT2D eigenvalue weighted by molar-refractivity contribution is 5.91. The lowest BCUT2D eigenvalue weighted by Gasteiger charge is -2.24. The van der Waals surface area contributed by atoms with Crippen LogP contribution in [0, 0.1) is 5.92 Å². The van der Waals surface area contributed by atoms with E-state index in [-0.39, 0.29) is 19.1 Å². The molecule has 2 aromatic rings. The molecule has 0 aliphatic heterocycles. The average Bonchev–Trinajstić information content (AvgIpc) is 3.19. The van der Waals surface area contributed by atoms with Crippen LogP contribution in [-0.2, 0) is 14.3 Å². The zero-order valence-electron chi connectivity index (χ0n) is 19.7. The normalized spacial score (nSPS) is 16.3. The quantitative estimate of drug-likeness (QED) is 0.458. The summed E-state index contributed by atoms with van der Waals surface area (Å²) in [4.78, 5) is 35.9. The third-order valence-corrected chi connectivity index (χ3v) is 6.89. The van der Waals surface area contributed by atoms with E-state index < -0.39 is 24.0 Å². The smallest absolute Gasteiger partial charge is 0.407 e. The number of aliphatic carboxylic acids is 1. The first kappa shape index (κ1) is 24.5. The highest BCUT2D eigenvalue weighted by atomic mass is 16.5. The SMILES string of the molecule is O=C(/C=C/CNC(=O)OCC1c2ccccc2-c2ccccc21)N[C@H](CC1CCCCC1)C(=O)O. The standard InChI is InChI=1S/C28H32N2O5/c31-26(30-25(27(32)33)17-19-9-2-1-3-10-19)15-8-16-29-28(34)35-18-24-22-13-6-4-11-20(22)21-12-5-7-14-23(21)24/h4-8,11-15,19,24-25H,1-3,9-10,16-18H2,(H,29,34)(H,30,31)(H,32,33)/b15-8+/t25-/m1/s1. The number of ether oxygens (including phenoxy) is 1. The van der Waals surface area contributed by atoms with Crippen LogP contribution in [0.15, 0.2) is 60.7 Å². The molecule has 0 heterocycles. The van der Waals surface area contributed by atoms with Crippen molar-refractivity contribution in [3.63, 3.8) is 0 Å². The molecule has 2 aliphatic carbocycles. The molecule has 0 radical (unpaired) electrons. The van der Waals surface area contributed by atoms with Crippen molar-refractivity contribution >= 4 is 18.0 Å². The Labute approximate surface area is 205 Å².